The van der Waals surface area contributed by atoms with Gasteiger partial charge in [-0.15, -0.1) is 0 Å². The van der Waals surface area contributed by atoms with E-state index in [2.05, 4.69) is 12.3 Å². The van der Waals surface area contributed by atoms with Crippen molar-refractivity contribution in [3.05, 3.63) is 88.1 Å². The predicted octanol–water partition coefficient (Wildman–Crippen LogP) is 5.88. The molecule has 0 aliphatic carbocycles. The van der Waals surface area contributed by atoms with E-state index in [4.69, 9.17) is 0 Å². The number of nitro benzene ring substituents is 1. The smallest absolute Gasteiger partial charge is 0.284 e. The van der Waals surface area contributed by atoms with Crippen molar-refractivity contribution in [2.45, 2.75) is 76.9 Å². The summed E-state index contributed by atoms with van der Waals surface area (Å²) in [6.07, 6.45) is 12.3. The maximum absolute atomic E-state index is 13.6. The molecule has 2 amide bonds. The highest BCUT2D eigenvalue weighted by Crippen LogP contribution is 2.35. The molecule has 0 fully saturated rings. The Morgan fingerprint density at radius 1 is 0.923 bits per heavy atom. The SMILES string of the molecule is CCCCCCCCCCC(O)C1C=CC2=C(C(=O)N(c3ccccc3)C2=O)N1Nc1ccc([N+](=O)[O-])cc1. The molecule has 2 aliphatic heterocycles. The van der Waals surface area contributed by atoms with E-state index in [0.717, 1.165) is 24.2 Å². The van der Waals surface area contributed by atoms with E-state index in [1.165, 1.54) is 61.4 Å². The second-order valence-electron chi connectivity index (χ2n) is 10.0. The summed E-state index contributed by atoms with van der Waals surface area (Å²) in [6.45, 7) is 2.20. The highest BCUT2D eigenvalue weighted by molar-refractivity contribution is 6.33. The summed E-state index contributed by atoms with van der Waals surface area (Å²) >= 11 is 0. The monoisotopic (exact) mass is 532 g/mol. The number of nitro groups is 1. The third-order valence-corrected chi connectivity index (χ3v) is 7.18. The molecule has 4 rings (SSSR count). The average Bonchev–Trinajstić information content (AvgIpc) is 3.20. The summed E-state index contributed by atoms with van der Waals surface area (Å²) in [5.41, 5.74) is 4.41. The van der Waals surface area contributed by atoms with Crippen LogP contribution in [0.15, 0.2) is 78.0 Å². The van der Waals surface area contributed by atoms with Crippen LogP contribution in [0.2, 0.25) is 0 Å². The van der Waals surface area contributed by atoms with E-state index >= 15 is 0 Å². The van der Waals surface area contributed by atoms with Gasteiger partial charge in [-0.05, 0) is 36.8 Å². The van der Waals surface area contributed by atoms with Gasteiger partial charge in [0.15, 0.2) is 0 Å². The maximum atomic E-state index is 13.6. The van der Waals surface area contributed by atoms with Gasteiger partial charge in [0.1, 0.15) is 5.70 Å². The molecule has 2 unspecified atom stereocenters. The lowest BCUT2D eigenvalue weighted by molar-refractivity contribution is -0.384. The molecule has 0 saturated heterocycles. The van der Waals surface area contributed by atoms with Crippen molar-refractivity contribution in [3.63, 3.8) is 0 Å². The van der Waals surface area contributed by atoms with Crippen molar-refractivity contribution in [3.8, 4) is 0 Å². The number of imide groups is 1. The van der Waals surface area contributed by atoms with Crippen LogP contribution in [0.4, 0.5) is 17.1 Å². The number of benzene rings is 2. The van der Waals surface area contributed by atoms with Gasteiger partial charge in [0.2, 0.25) is 0 Å². The number of nitrogens with zero attached hydrogens (tertiary/aromatic N) is 3. The number of anilines is 2. The number of nitrogens with one attached hydrogen (secondary N) is 1. The number of aliphatic hydroxyl groups excluding tert-OH is 1. The highest BCUT2D eigenvalue weighted by atomic mass is 16.6. The summed E-state index contributed by atoms with van der Waals surface area (Å²) in [5, 5.41) is 23.8. The molecule has 2 heterocycles. The topological polar surface area (TPSA) is 116 Å². The Morgan fingerprint density at radius 2 is 1.56 bits per heavy atom. The van der Waals surface area contributed by atoms with Crippen molar-refractivity contribution < 1.29 is 19.6 Å². The molecule has 9 heteroatoms. The zero-order chi connectivity index (χ0) is 27.8. The van der Waals surface area contributed by atoms with Crippen LogP contribution >= 0.6 is 0 Å². The number of amides is 2. The van der Waals surface area contributed by atoms with Gasteiger partial charge >= 0.3 is 0 Å². The Labute approximate surface area is 228 Å². The van der Waals surface area contributed by atoms with Crippen molar-refractivity contribution >= 4 is 28.9 Å². The first-order chi connectivity index (χ1) is 18.9. The third-order valence-electron chi connectivity index (χ3n) is 7.18. The van der Waals surface area contributed by atoms with Gasteiger partial charge in [0, 0.05) is 12.1 Å². The highest BCUT2D eigenvalue weighted by Gasteiger charge is 2.45. The lowest BCUT2D eigenvalue weighted by Crippen LogP contribution is -2.48. The molecule has 2 aliphatic rings. The van der Waals surface area contributed by atoms with Crippen molar-refractivity contribution in [1.82, 2.24) is 5.01 Å². The Morgan fingerprint density at radius 3 is 2.21 bits per heavy atom. The average molecular weight is 533 g/mol. The van der Waals surface area contributed by atoms with Crippen LogP contribution in [0.3, 0.4) is 0 Å². The molecule has 39 heavy (non-hydrogen) atoms. The lowest BCUT2D eigenvalue weighted by Gasteiger charge is -2.37. The van der Waals surface area contributed by atoms with Crippen LogP contribution in [-0.4, -0.2) is 39.0 Å². The van der Waals surface area contributed by atoms with Crippen LogP contribution in [0.1, 0.15) is 64.7 Å². The maximum Gasteiger partial charge on any atom is 0.284 e. The third kappa shape index (κ3) is 6.54. The minimum atomic E-state index is -0.797. The molecule has 2 aromatic carbocycles. The van der Waals surface area contributed by atoms with Gasteiger partial charge < -0.3 is 5.11 Å². The fourth-order valence-electron chi connectivity index (χ4n) is 5.05. The predicted molar refractivity (Wildman–Crippen MR) is 151 cm³/mol. The number of unbranched alkanes of at least 4 members (excludes halogenated alkanes) is 7. The van der Waals surface area contributed by atoms with Crippen LogP contribution in [0.25, 0.3) is 0 Å². The second-order valence-corrected chi connectivity index (χ2v) is 10.0. The number of aliphatic hydroxyl groups is 1. The normalized spacial score (nSPS) is 17.5. The van der Waals surface area contributed by atoms with Crippen LogP contribution < -0.4 is 10.3 Å². The van der Waals surface area contributed by atoms with Crippen molar-refractivity contribution in [2.24, 2.45) is 0 Å². The Kier molecular flexibility index (Phi) is 9.49. The van der Waals surface area contributed by atoms with Gasteiger partial charge in [-0.2, -0.15) is 0 Å². The lowest BCUT2D eigenvalue weighted by atomic mass is 9.97. The van der Waals surface area contributed by atoms with Gasteiger partial charge in [-0.3, -0.25) is 30.1 Å². The molecule has 0 aromatic heterocycles. The van der Waals surface area contributed by atoms with E-state index in [0.29, 0.717) is 17.8 Å². The Bertz CT molecular complexity index is 1230. The molecular formula is C30H36N4O5. The summed E-state index contributed by atoms with van der Waals surface area (Å²) in [6, 6.07) is 13.9. The van der Waals surface area contributed by atoms with Crippen LogP contribution in [0, 0.1) is 10.1 Å². The van der Waals surface area contributed by atoms with E-state index in [1.54, 1.807) is 36.4 Å². The largest absolute Gasteiger partial charge is 0.391 e. The van der Waals surface area contributed by atoms with Crippen molar-refractivity contribution in [1.29, 1.82) is 0 Å². The van der Waals surface area contributed by atoms with E-state index in [-0.39, 0.29) is 17.0 Å². The minimum Gasteiger partial charge on any atom is -0.391 e. The number of carbonyl (C=O) groups excluding carboxylic acids is 2. The number of hydrogen-bond donors (Lipinski definition) is 2. The molecule has 9 nitrogen and oxygen atoms in total. The fraction of sp³-hybridized carbons (Fsp3) is 0.400. The van der Waals surface area contributed by atoms with Crippen LogP contribution in [0.5, 0.6) is 0 Å². The standard InChI is InChI=1S/C30H36N4O5/c1-2-3-4-5-6-7-8-12-15-27(35)26-21-20-25-28(30(37)32(29(25)36)23-13-10-9-11-14-23)33(26)31-22-16-18-24(19-17-22)34(38)39/h9-11,13-14,16-21,26-27,31,35H,2-8,12,15H2,1H3. The number of rotatable bonds is 14. The molecular weight excluding hydrogens is 496 g/mol. The second kappa shape index (κ2) is 13.2. The molecule has 0 saturated carbocycles. The Balaban J connectivity index is 1.51. The number of para-hydroxylation sites is 1. The minimum absolute atomic E-state index is 0.0624. The molecule has 2 atom stereocenters. The first-order valence-corrected chi connectivity index (χ1v) is 13.8. The molecule has 206 valence electrons. The first-order valence-electron chi connectivity index (χ1n) is 13.8. The number of hydrogen-bond acceptors (Lipinski definition) is 7. The van der Waals surface area contributed by atoms with E-state index in [9.17, 15) is 24.8 Å². The number of carbonyl (C=O) groups is 2. The summed E-state index contributed by atoms with van der Waals surface area (Å²) in [4.78, 5) is 38.7. The van der Waals surface area contributed by atoms with E-state index < -0.39 is 28.9 Å². The zero-order valence-corrected chi connectivity index (χ0v) is 22.3. The molecule has 0 bridgehead atoms. The molecule has 2 aromatic rings. The quantitative estimate of drug-likeness (QED) is 0.135. The first kappa shape index (κ1) is 28.0. The zero-order valence-electron chi connectivity index (χ0n) is 22.3. The van der Waals surface area contributed by atoms with Crippen LogP contribution in [-0.2, 0) is 9.59 Å². The number of non-ortho nitro benzene ring substituents is 1. The van der Waals surface area contributed by atoms with Crippen molar-refractivity contribution in [2.75, 3.05) is 10.3 Å². The summed E-state index contributed by atoms with van der Waals surface area (Å²) < 4.78 is 0. The molecule has 0 radical (unpaired) electrons. The fourth-order valence-corrected chi connectivity index (χ4v) is 5.05. The summed E-state index contributed by atoms with van der Waals surface area (Å²) in [7, 11) is 0. The van der Waals surface area contributed by atoms with E-state index in [1.807, 2.05) is 6.07 Å². The van der Waals surface area contributed by atoms with Gasteiger partial charge in [0.05, 0.1) is 34.0 Å². The Hall–Kier alpha value is -3.98. The molecule has 2 N–H and O–H groups in total. The summed E-state index contributed by atoms with van der Waals surface area (Å²) in [5.74, 6) is -0.937. The number of hydrazine groups is 1. The van der Waals surface area contributed by atoms with Gasteiger partial charge in [-0.1, -0.05) is 82.6 Å². The van der Waals surface area contributed by atoms with Gasteiger partial charge in [-0.25, -0.2) is 4.90 Å². The van der Waals surface area contributed by atoms with Gasteiger partial charge in [0.25, 0.3) is 17.5 Å². The molecule has 0 spiro atoms.